The van der Waals surface area contributed by atoms with Crippen molar-refractivity contribution in [2.24, 2.45) is 0 Å². The third-order valence-electron chi connectivity index (χ3n) is 1.83. The summed E-state index contributed by atoms with van der Waals surface area (Å²) in [5.41, 5.74) is 0. The summed E-state index contributed by atoms with van der Waals surface area (Å²) < 4.78 is 15.9. The molecule has 0 aliphatic rings. The summed E-state index contributed by atoms with van der Waals surface area (Å²) in [5, 5.41) is 0. The van der Waals surface area contributed by atoms with Gasteiger partial charge in [0.25, 0.3) is 0 Å². The van der Waals surface area contributed by atoms with Gasteiger partial charge in [0.05, 0.1) is 20.8 Å². The van der Waals surface area contributed by atoms with Crippen LogP contribution in [0.1, 0.15) is 13.3 Å². The predicted molar refractivity (Wildman–Crippen MR) is 55.3 cm³/mol. The number of rotatable bonds is 5. The van der Waals surface area contributed by atoms with Crippen LogP contribution in [-0.4, -0.2) is 20.8 Å². The van der Waals surface area contributed by atoms with E-state index in [1.165, 1.54) is 0 Å². The lowest BCUT2D eigenvalue weighted by Gasteiger charge is -2.13. The molecule has 78 valence electrons. The molecule has 3 heteroatoms. The van der Waals surface area contributed by atoms with Crippen molar-refractivity contribution in [3.63, 3.8) is 0 Å². The molecular weight excluding hydrogens is 180 g/mol. The second-order valence-electron chi connectivity index (χ2n) is 2.84. The molecule has 0 atom stereocenters. The van der Waals surface area contributed by atoms with Crippen molar-refractivity contribution in [1.29, 1.82) is 0 Å². The number of para-hydroxylation sites is 1. The molecular formula is C11H16O3. The van der Waals surface area contributed by atoms with E-state index in [2.05, 4.69) is 6.92 Å². The second-order valence-corrected chi connectivity index (χ2v) is 2.84. The van der Waals surface area contributed by atoms with E-state index in [1.807, 2.05) is 18.2 Å². The van der Waals surface area contributed by atoms with Gasteiger partial charge in [-0.05, 0) is 18.6 Å². The Bertz CT molecular complexity index is 262. The number of hydrogen-bond donors (Lipinski definition) is 0. The molecule has 0 aromatic heterocycles. The molecule has 0 N–H and O–H groups in total. The monoisotopic (exact) mass is 196 g/mol. The van der Waals surface area contributed by atoms with Crippen LogP contribution in [-0.2, 0) is 0 Å². The number of ether oxygens (including phenoxy) is 3. The fourth-order valence-electron chi connectivity index (χ4n) is 1.16. The van der Waals surface area contributed by atoms with Crippen LogP contribution in [0.3, 0.4) is 0 Å². The molecule has 0 fully saturated rings. The maximum Gasteiger partial charge on any atom is 0.203 e. The molecule has 0 unspecified atom stereocenters. The SMILES string of the molecule is CCCOc1c(OC)cccc1OC. The summed E-state index contributed by atoms with van der Waals surface area (Å²) in [4.78, 5) is 0. The van der Waals surface area contributed by atoms with Gasteiger partial charge in [0.1, 0.15) is 0 Å². The lowest BCUT2D eigenvalue weighted by molar-refractivity contribution is 0.275. The minimum atomic E-state index is 0.663. The Balaban J connectivity index is 2.93. The van der Waals surface area contributed by atoms with Gasteiger partial charge in [0.15, 0.2) is 11.5 Å². The van der Waals surface area contributed by atoms with Gasteiger partial charge in [-0.25, -0.2) is 0 Å². The lowest BCUT2D eigenvalue weighted by atomic mass is 10.3. The van der Waals surface area contributed by atoms with Crippen molar-refractivity contribution in [2.45, 2.75) is 13.3 Å². The van der Waals surface area contributed by atoms with Crippen LogP contribution in [0.15, 0.2) is 18.2 Å². The first kappa shape index (κ1) is 10.7. The third kappa shape index (κ3) is 2.31. The van der Waals surface area contributed by atoms with Crippen LogP contribution in [0, 0.1) is 0 Å². The number of methoxy groups -OCH3 is 2. The van der Waals surface area contributed by atoms with E-state index in [4.69, 9.17) is 14.2 Å². The third-order valence-corrected chi connectivity index (χ3v) is 1.83. The number of hydrogen-bond acceptors (Lipinski definition) is 3. The Hall–Kier alpha value is -1.38. The highest BCUT2D eigenvalue weighted by molar-refractivity contribution is 5.50. The molecule has 0 heterocycles. The molecule has 1 aromatic carbocycles. The first-order valence-electron chi connectivity index (χ1n) is 4.67. The average molecular weight is 196 g/mol. The highest BCUT2D eigenvalue weighted by Gasteiger charge is 2.09. The first-order chi connectivity index (χ1) is 6.83. The van der Waals surface area contributed by atoms with Crippen LogP contribution in [0.4, 0.5) is 0 Å². The maximum absolute atomic E-state index is 5.55. The molecule has 1 aromatic rings. The van der Waals surface area contributed by atoms with Crippen molar-refractivity contribution < 1.29 is 14.2 Å². The van der Waals surface area contributed by atoms with Crippen molar-refractivity contribution in [1.82, 2.24) is 0 Å². The summed E-state index contributed by atoms with van der Waals surface area (Å²) >= 11 is 0. The van der Waals surface area contributed by atoms with Gasteiger partial charge in [-0.1, -0.05) is 13.0 Å². The average Bonchev–Trinajstić information content (AvgIpc) is 2.25. The molecule has 0 saturated carbocycles. The predicted octanol–water partition coefficient (Wildman–Crippen LogP) is 2.49. The number of benzene rings is 1. The van der Waals surface area contributed by atoms with Gasteiger partial charge in [-0.3, -0.25) is 0 Å². The Morgan fingerprint density at radius 2 is 1.64 bits per heavy atom. The highest BCUT2D eigenvalue weighted by Crippen LogP contribution is 2.36. The normalized spacial score (nSPS) is 9.64. The van der Waals surface area contributed by atoms with Crippen molar-refractivity contribution >= 4 is 0 Å². The molecule has 1 rings (SSSR count). The van der Waals surface area contributed by atoms with E-state index in [9.17, 15) is 0 Å². The van der Waals surface area contributed by atoms with Crippen LogP contribution in [0.2, 0.25) is 0 Å². The highest BCUT2D eigenvalue weighted by atomic mass is 16.5. The van der Waals surface area contributed by atoms with E-state index in [-0.39, 0.29) is 0 Å². The zero-order chi connectivity index (χ0) is 10.4. The van der Waals surface area contributed by atoms with Gasteiger partial charge in [-0.2, -0.15) is 0 Å². The molecule has 0 aliphatic heterocycles. The molecule has 0 bridgehead atoms. The first-order valence-corrected chi connectivity index (χ1v) is 4.67. The Morgan fingerprint density at radius 3 is 2.07 bits per heavy atom. The van der Waals surface area contributed by atoms with Gasteiger partial charge >= 0.3 is 0 Å². The lowest BCUT2D eigenvalue weighted by Crippen LogP contribution is -1.99. The molecule has 0 saturated heterocycles. The van der Waals surface area contributed by atoms with Crippen molar-refractivity contribution in [2.75, 3.05) is 20.8 Å². The summed E-state index contributed by atoms with van der Waals surface area (Å²) in [5.74, 6) is 2.09. The van der Waals surface area contributed by atoms with Crippen molar-refractivity contribution in [3.05, 3.63) is 18.2 Å². The van der Waals surface area contributed by atoms with Crippen LogP contribution < -0.4 is 14.2 Å². The molecule has 14 heavy (non-hydrogen) atoms. The largest absolute Gasteiger partial charge is 0.493 e. The van der Waals surface area contributed by atoms with Crippen molar-refractivity contribution in [3.8, 4) is 17.2 Å². The zero-order valence-corrected chi connectivity index (χ0v) is 8.87. The fraction of sp³-hybridized carbons (Fsp3) is 0.455. The van der Waals surface area contributed by atoms with E-state index >= 15 is 0 Å². The quantitative estimate of drug-likeness (QED) is 0.724. The van der Waals surface area contributed by atoms with Gasteiger partial charge in [-0.15, -0.1) is 0 Å². The molecule has 0 aliphatic carbocycles. The van der Waals surface area contributed by atoms with Gasteiger partial charge < -0.3 is 14.2 Å². The summed E-state index contributed by atoms with van der Waals surface area (Å²) in [6.45, 7) is 2.72. The Morgan fingerprint density at radius 1 is 1.07 bits per heavy atom. The van der Waals surface area contributed by atoms with E-state index in [0.717, 1.165) is 6.42 Å². The minimum absolute atomic E-state index is 0.663. The van der Waals surface area contributed by atoms with E-state index in [0.29, 0.717) is 23.9 Å². The van der Waals surface area contributed by atoms with Gasteiger partial charge in [0.2, 0.25) is 5.75 Å². The molecule has 0 spiro atoms. The Labute approximate surface area is 84.6 Å². The van der Waals surface area contributed by atoms with Crippen LogP contribution in [0.25, 0.3) is 0 Å². The summed E-state index contributed by atoms with van der Waals surface area (Å²) in [6.07, 6.45) is 0.960. The zero-order valence-electron chi connectivity index (χ0n) is 8.87. The Kier molecular flexibility index (Phi) is 4.11. The molecule has 0 radical (unpaired) electrons. The smallest absolute Gasteiger partial charge is 0.203 e. The van der Waals surface area contributed by atoms with Crippen LogP contribution >= 0.6 is 0 Å². The van der Waals surface area contributed by atoms with Crippen LogP contribution in [0.5, 0.6) is 17.2 Å². The summed E-state index contributed by atoms with van der Waals surface area (Å²) in [7, 11) is 3.24. The summed E-state index contributed by atoms with van der Waals surface area (Å²) in [6, 6.07) is 5.58. The molecule has 0 amide bonds. The fourth-order valence-corrected chi connectivity index (χ4v) is 1.16. The maximum atomic E-state index is 5.55. The standard InChI is InChI=1S/C11H16O3/c1-4-8-14-11-9(12-2)6-5-7-10(11)13-3/h5-7H,4,8H2,1-3H3. The van der Waals surface area contributed by atoms with E-state index in [1.54, 1.807) is 14.2 Å². The molecule has 3 nitrogen and oxygen atoms in total. The van der Waals surface area contributed by atoms with Gasteiger partial charge in [0, 0.05) is 0 Å². The minimum Gasteiger partial charge on any atom is -0.493 e. The topological polar surface area (TPSA) is 27.7 Å². The van der Waals surface area contributed by atoms with E-state index < -0.39 is 0 Å². The second kappa shape index (κ2) is 5.37.